The Bertz CT molecular complexity index is 298. The van der Waals surface area contributed by atoms with Crippen LogP contribution in [0.1, 0.15) is 5.69 Å². The summed E-state index contributed by atoms with van der Waals surface area (Å²) in [7, 11) is 0. The van der Waals surface area contributed by atoms with Crippen molar-refractivity contribution in [1.82, 2.24) is 4.98 Å². The molecule has 0 aromatic carbocycles. The molecule has 0 saturated carbocycles. The number of rotatable bonds is 0. The molecule has 0 aliphatic rings. The van der Waals surface area contributed by atoms with E-state index in [1.54, 1.807) is 18.3 Å². The van der Waals surface area contributed by atoms with Gasteiger partial charge in [-0.1, -0.05) is 5.92 Å². The molecule has 0 aliphatic carbocycles. The minimum atomic E-state index is 0.524. The summed E-state index contributed by atoms with van der Waals surface area (Å²) in [6, 6.07) is 3.55. The predicted molar refractivity (Wildman–Crippen MR) is 49.4 cm³/mol. The summed E-state index contributed by atoms with van der Waals surface area (Å²) < 4.78 is 0. The number of anilines is 1. The van der Waals surface area contributed by atoms with Gasteiger partial charge < -0.3 is 5.73 Å². The summed E-state index contributed by atoms with van der Waals surface area (Å²) >= 11 is 3.94. The van der Waals surface area contributed by atoms with E-state index in [9.17, 15) is 0 Å². The highest BCUT2D eigenvalue weighted by molar-refractivity contribution is 7.80. The summed E-state index contributed by atoms with van der Waals surface area (Å²) in [5.41, 5.74) is 6.81. The molecule has 0 bridgehead atoms. The van der Waals surface area contributed by atoms with Gasteiger partial charge in [-0.25, -0.2) is 4.98 Å². The van der Waals surface area contributed by atoms with Gasteiger partial charge in [0.2, 0.25) is 0 Å². The van der Waals surface area contributed by atoms with Gasteiger partial charge in [0.1, 0.15) is 5.69 Å². The molecule has 0 amide bonds. The van der Waals surface area contributed by atoms with Gasteiger partial charge in [0.15, 0.2) is 0 Å². The Labute approximate surface area is 71.2 Å². The Morgan fingerprint density at radius 1 is 1.64 bits per heavy atom. The second-order valence-corrected chi connectivity index (χ2v) is 2.22. The molecule has 1 aromatic rings. The molecule has 0 radical (unpaired) electrons. The van der Waals surface area contributed by atoms with Crippen LogP contribution < -0.4 is 5.73 Å². The van der Waals surface area contributed by atoms with Crippen LogP contribution in [0, 0.1) is 11.8 Å². The Kier molecular flexibility index (Phi) is 2.82. The minimum Gasteiger partial charge on any atom is -0.396 e. The Hall–Kier alpha value is -1.14. The summed E-state index contributed by atoms with van der Waals surface area (Å²) in [4.78, 5) is 3.98. The van der Waals surface area contributed by atoms with Crippen LogP contribution in [0.4, 0.5) is 5.69 Å². The van der Waals surface area contributed by atoms with E-state index in [0.717, 1.165) is 0 Å². The lowest BCUT2D eigenvalue weighted by molar-refractivity contribution is 1.29. The molecule has 2 N–H and O–H groups in total. The van der Waals surface area contributed by atoms with Gasteiger partial charge in [0, 0.05) is 6.20 Å². The van der Waals surface area contributed by atoms with Gasteiger partial charge in [-0.05, 0) is 18.1 Å². The Balaban J connectivity index is 2.95. The lowest BCUT2D eigenvalue weighted by Gasteiger charge is -1.92. The highest BCUT2D eigenvalue weighted by atomic mass is 32.1. The third-order valence-corrected chi connectivity index (χ3v) is 1.28. The molecular formula is C8H8N2S. The number of pyridine rings is 1. The molecule has 1 aromatic heterocycles. The van der Waals surface area contributed by atoms with Crippen molar-refractivity contribution in [2.24, 2.45) is 0 Å². The summed E-state index contributed by atoms with van der Waals surface area (Å²) in [6.45, 7) is 0. The average molecular weight is 164 g/mol. The molecule has 2 nitrogen and oxygen atoms in total. The molecule has 56 valence electrons. The summed E-state index contributed by atoms with van der Waals surface area (Å²) in [6.07, 6.45) is 1.67. The van der Waals surface area contributed by atoms with Gasteiger partial charge >= 0.3 is 0 Å². The fourth-order valence-electron chi connectivity index (χ4n) is 0.645. The molecular weight excluding hydrogens is 156 g/mol. The number of nitrogens with two attached hydrogens (primary N) is 1. The lowest BCUT2D eigenvalue weighted by Crippen LogP contribution is -1.91. The van der Waals surface area contributed by atoms with Gasteiger partial charge in [0.25, 0.3) is 0 Å². The predicted octanol–water partition coefficient (Wildman–Crippen LogP) is 0.945. The van der Waals surface area contributed by atoms with E-state index in [-0.39, 0.29) is 0 Å². The number of hydrogen-bond acceptors (Lipinski definition) is 3. The standard InChI is InChI=1S/C8H8N2S/c9-7-3-1-5-10-8(7)4-2-6-11/h1,3,5,11H,6,9H2. The maximum Gasteiger partial charge on any atom is 0.136 e. The molecule has 0 unspecified atom stereocenters. The van der Waals surface area contributed by atoms with Crippen molar-refractivity contribution in [1.29, 1.82) is 0 Å². The fraction of sp³-hybridized carbons (Fsp3) is 0.125. The molecule has 11 heavy (non-hydrogen) atoms. The Morgan fingerprint density at radius 2 is 2.45 bits per heavy atom. The first-order valence-corrected chi connectivity index (χ1v) is 3.78. The van der Waals surface area contributed by atoms with Crippen molar-refractivity contribution in [3.63, 3.8) is 0 Å². The van der Waals surface area contributed by atoms with Gasteiger partial charge in [-0.3, -0.25) is 0 Å². The second-order valence-electron chi connectivity index (χ2n) is 1.90. The lowest BCUT2D eigenvalue weighted by atomic mass is 10.3. The Morgan fingerprint density at radius 3 is 3.09 bits per heavy atom. The maximum absolute atomic E-state index is 5.57. The summed E-state index contributed by atoms with van der Waals surface area (Å²) in [5, 5.41) is 0. The van der Waals surface area contributed by atoms with E-state index in [4.69, 9.17) is 5.73 Å². The number of nitrogen functional groups attached to an aromatic ring is 1. The fourth-order valence-corrected chi connectivity index (χ4v) is 0.724. The van der Waals surface area contributed by atoms with Crippen LogP contribution in [0.5, 0.6) is 0 Å². The molecule has 0 aliphatic heterocycles. The van der Waals surface area contributed by atoms with Gasteiger partial charge in [-0.2, -0.15) is 12.6 Å². The number of aromatic nitrogens is 1. The van der Waals surface area contributed by atoms with Crippen LogP contribution in [-0.2, 0) is 0 Å². The first-order chi connectivity index (χ1) is 5.34. The van der Waals surface area contributed by atoms with E-state index in [1.165, 1.54) is 0 Å². The van der Waals surface area contributed by atoms with Crippen molar-refractivity contribution in [3.8, 4) is 11.8 Å². The zero-order valence-electron chi connectivity index (χ0n) is 5.91. The first kappa shape index (κ1) is 7.96. The first-order valence-electron chi connectivity index (χ1n) is 3.15. The van der Waals surface area contributed by atoms with Crippen LogP contribution in [0.2, 0.25) is 0 Å². The van der Waals surface area contributed by atoms with Crippen LogP contribution >= 0.6 is 12.6 Å². The van der Waals surface area contributed by atoms with E-state index < -0.39 is 0 Å². The molecule has 1 rings (SSSR count). The number of thiol groups is 1. The number of hydrogen-bond donors (Lipinski definition) is 2. The zero-order valence-corrected chi connectivity index (χ0v) is 6.81. The van der Waals surface area contributed by atoms with Crippen molar-refractivity contribution in [2.75, 3.05) is 11.5 Å². The van der Waals surface area contributed by atoms with E-state index in [2.05, 4.69) is 29.5 Å². The van der Waals surface area contributed by atoms with Crippen molar-refractivity contribution in [3.05, 3.63) is 24.0 Å². The monoisotopic (exact) mass is 164 g/mol. The molecule has 0 atom stereocenters. The SMILES string of the molecule is Nc1cccnc1C#CCS. The van der Waals surface area contributed by atoms with Crippen molar-refractivity contribution >= 4 is 18.3 Å². The second kappa shape index (κ2) is 3.89. The molecule has 0 fully saturated rings. The van der Waals surface area contributed by atoms with E-state index in [0.29, 0.717) is 17.1 Å². The van der Waals surface area contributed by atoms with Crippen LogP contribution in [0.3, 0.4) is 0 Å². The third-order valence-electron chi connectivity index (χ3n) is 1.12. The quantitative estimate of drug-likeness (QED) is 0.442. The van der Waals surface area contributed by atoms with E-state index in [1.807, 2.05) is 0 Å². The van der Waals surface area contributed by atoms with Crippen molar-refractivity contribution in [2.45, 2.75) is 0 Å². The van der Waals surface area contributed by atoms with Gasteiger partial charge in [-0.15, -0.1) is 0 Å². The average Bonchev–Trinajstić information content (AvgIpc) is 2.03. The van der Waals surface area contributed by atoms with Gasteiger partial charge in [0.05, 0.1) is 11.4 Å². The highest BCUT2D eigenvalue weighted by Gasteiger charge is 1.91. The van der Waals surface area contributed by atoms with Crippen molar-refractivity contribution < 1.29 is 0 Å². The third kappa shape index (κ3) is 2.17. The topological polar surface area (TPSA) is 38.9 Å². The highest BCUT2D eigenvalue weighted by Crippen LogP contribution is 2.03. The largest absolute Gasteiger partial charge is 0.396 e. The van der Waals surface area contributed by atoms with Crippen LogP contribution in [0.15, 0.2) is 18.3 Å². The molecule has 3 heteroatoms. The van der Waals surface area contributed by atoms with Crippen LogP contribution in [0.25, 0.3) is 0 Å². The van der Waals surface area contributed by atoms with E-state index >= 15 is 0 Å². The molecule has 1 heterocycles. The maximum atomic E-state index is 5.57. The number of nitrogens with zero attached hydrogens (tertiary/aromatic N) is 1. The summed E-state index contributed by atoms with van der Waals surface area (Å²) in [5.74, 6) is 6.10. The van der Waals surface area contributed by atoms with Crippen LogP contribution in [-0.4, -0.2) is 10.7 Å². The smallest absolute Gasteiger partial charge is 0.136 e. The normalized spacial score (nSPS) is 8.45. The molecule has 0 spiro atoms. The molecule has 0 saturated heterocycles. The minimum absolute atomic E-state index is 0.524. The zero-order chi connectivity index (χ0) is 8.10.